The van der Waals surface area contributed by atoms with Crippen molar-refractivity contribution in [2.45, 2.75) is 0 Å². The van der Waals surface area contributed by atoms with Gasteiger partial charge < -0.3 is 5.11 Å². The van der Waals surface area contributed by atoms with Gasteiger partial charge in [0.25, 0.3) is 0 Å². The molecule has 2 heterocycles. The number of fused-ring (bicyclic) bond motifs is 1. The quantitative estimate of drug-likeness (QED) is 0.797. The zero-order valence-electron chi connectivity index (χ0n) is 9.71. The van der Waals surface area contributed by atoms with Crippen LogP contribution in [0, 0.1) is 0 Å². The largest absolute Gasteiger partial charge is 0.493 e. The Balaban J connectivity index is 2.15. The normalized spacial score (nSPS) is 15.3. The molecule has 1 aliphatic rings. The number of allylic oxidation sites excluding steroid dienone is 1. The predicted molar refractivity (Wildman–Crippen MR) is 70.2 cm³/mol. The highest BCUT2D eigenvalue weighted by Gasteiger charge is 2.14. The first-order valence-electron chi connectivity index (χ1n) is 5.50. The summed E-state index contributed by atoms with van der Waals surface area (Å²) in [5.74, 6) is -0.132. The van der Waals surface area contributed by atoms with Crippen molar-refractivity contribution >= 4 is 23.6 Å². The Morgan fingerprint density at radius 2 is 2.17 bits per heavy atom. The van der Waals surface area contributed by atoms with Crippen molar-refractivity contribution in [2.75, 3.05) is 0 Å². The second-order valence-corrected chi connectivity index (χ2v) is 4.10. The number of aromatic amines is 1. The molecule has 5 nitrogen and oxygen atoms in total. The molecule has 1 aliphatic heterocycles. The summed E-state index contributed by atoms with van der Waals surface area (Å²) in [4.78, 5) is 18.0. The number of aliphatic imine (C=N–C) groups is 1. The molecular weight excluding hydrogens is 230 g/mol. The van der Waals surface area contributed by atoms with E-state index >= 15 is 0 Å². The summed E-state index contributed by atoms with van der Waals surface area (Å²) in [6.45, 7) is 0. The van der Waals surface area contributed by atoms with Gasteiger partial charge in [0.1, 0.15) is 5.69 Å². The molecule has 1 aromatic carbocycles. The third-order valence-corrected chi connectivity index (χ3v) is 2.98. The Hall–Kier alpha value is -2.56. The number of benzene rings is 1. The summed E-state index contributed by atoms with van der Waals surface area (Å²) in [5.41, 5.74) is 2.85. The molecule has 0 atom stereocenters. The van der Waals surface area contributed by atoms with Crippen LogP contribution < -0.4 is 5.69 Å². The standard InChI is InChI=1S/C13H11N3O2/c1-16-11(12(17)15-13(16)18)6-8-7-14-10-5-3-2-4-9(8)10/h2-7,17H,1H3,(H,15,18). The fraction of sp³-hybridized carbons (Fsp3) is 0.0769. The fourth-order valence-corrected chi connectivity index (χ4v) is 1.98. The Kier molecular flexibility index (Phi) is 2.19. The van der Waals surface area contributed by atoms with E-state index < -0.39 is 0 Å². The Labute approximate surface area is 103 Å². The number of hydrogen-bond acceptors (Lipinski definition) is 3. The van der Waals surface area contributed by atoms with Crippen LogP contribution in [-0.2, 0) is 7.05 Å². The lowest BCUT2D eigenvalue weighted by Gasteiger charge is -2.00. The number of para-hydroxylation sites is 1. The first kappa shape index (κ1) is 10.6. The van der Waals surface area contributed by atoms with Crippen molar-refractivity contribution in [1.29, 1.82) is 0 Å². The van der Waals surface area contributed by atoms with Crippen molar-refractivity contribution in [3.05, 3.63) is 46.0 Å². The fourth-order valence-electron chi connectivity index (χ4n) is 1.98. The van der Waals surface area contributed by atoms with Crippen LogP contribution >= 0.6 is 0 Å². The van der Waals surface area contributed by atoms with Gasteiger partial charge in [0.15, 0.2) is 0 Å². The van der Waals surface area contributed by atoms with Gasteiger partial charge in [0, 0.05) is 24.4 Å². The van der Waals surface area contributed by atoms with E-state index in [0.717, 1.165) is 16.8 Å². The molecule has 0 saturated heterocycles. The van der Waals surface area contributed by atoms with E-state index in [-0.39, 0.29) is 11.6 Å². The molecule has 5 heteroatoms. The molecule has 0 fully saturated rings. The van der Waals surface area contributed by atoms with Crippen LogP contribution in [0.3, 0.4) is 0 Å². The van der Waals surface area contributed by atoms with Gasteiger partial charge in [-0.15, -0.1) is 0 Å². The highest BCUT2D eigenvalue weighted by atomic mass is 16.3. The summed E-state index contributed by atoms with van der Waals surface area (Å²) in [6, 6.07) is 7.72. The van der Waals surface area contributed by atoms with E-state index in [1.54, 1.807) is 19.3 Å². The summed E-state index contributed by atoms with van der Waals surface area (Å²) in [6.07, 6.45) is 3.46. The average Bonchev–Trinajstić information content (AvgIpc) is 2.87. The number of nitrogens with one attached hydrogen (secondary N) is 1. The number of imidazole rings is 1. The van der Waals surface area contributed by atoms with E-state index in [0.29, 0.717) is 5.69 Å². The molecular formula is C13H11N3O2. The number of hydrogen-bond donors (Lipinski definition) is 2. The van der Waals surface area contributed by atoms with E-state index in [1.807, 2.05) is 24.3 Å². The zero-order valence-corrected chi connectivity index (χ0v) is 9.71. The van der Waals surface area contributed by atoms with E-state index in [4.69, 9.17) is 0 Å². The molecule has 3 rings (SSSR count). The molecule has 2 N–H and O–H groups in total. The maximum absolute atomic E-state index is 11.4. The van der Waals surface area contributed by atoms with Crippen molar-refractivity contribution < 1.29 is 5.11 Å². The van der Waals surface area contributed by atoms with Gasteiger partial charge in [0.2, 0.25) is 5.88 Å². The molecule has 0 saturated carbocycles. The monoisotopic (exact) mass is 241 g/mol. The van der Waals surface area contributed by atoms with Crippen LogP contribution in [0.2, 0.25) is 0 Å². The molecule has 2 aromatic rings. The molecule has 1 aromatic heterocycles. The maximum Gasteiger partial charge on any atom is 0.328 e. The minimum Gasteiger partial charge on any atom is -0.493 e. The van der Waals surface area contributed by atoms with Crippen LogP contribution in [0.1, 0.15) is 11.3 Å². The number of rotatable bonds is 1. The van der Waals surface area contributed by atoms with Gasteiger partial charge >= 0.3 is 5.69 Å². The van der Waals surface area contributed by atoms with Crippen LogP contribution in [-0.4, -0.2) is 20.9 Å². The zero-order chi connectivity index (χ0) is 12.7. The molecule has 0 spiro atoms. The molecule has 0 aliphatic carbocycles. The number of nitrogens with zero attached hydrogens (tertiary/aromatic N) is 2. The lowest BCUT2D eigenvalue weighted by atomic mass is 10.1. The van der Waals surface area contributed by atoms with Crippen molar-refractivity contribution in [2.24, 2.45) is 12.0 Å². The number of aromatic hydroxyl groups is 1. The van der Waals surface area contributed by atoms with E-state index in [2.05, 4.69) is 9.98 Å². The Morgan fingerprint density at radius 1 is 1.39 bits per heavy atom. The van der Waals surface area contributed by atoms with Gasteiger partial charge in [-0.2, -0.15) is 0 Å². The van der Waals surface area contributed by atoms with Crippen LogP contribution in [0.25, 0.3) is 11.6 Å². The van der Waals surface area contributed by atoms with E-state index in [1.165, 1.54) is 4.57 Å². The molecule has 18 heavy (non-hydrogen) atoms. The third-order valence-electron chi connectivity index (χ3n) is 2.98. The third kappa shape index (κ3) is 1.48. The Morgan fingerprint density at radius 3 is 2.89 bits per heavy atom. The summed E-state index contributed by atoms with van der Waals surface area (Å²) < 4.78 is 1.36. The molecule has 0 bridgehead atoms. The average molecular weight is 241 g/mol. The van der Waals surface area contributed by atoms with Crippen molar-refractivity contribution in [1.82, 2.24) is 9.55 Å². The topological polar surface area (TPSA) is 70.4 Å². The minimum absolute atomic E-state index is 0.132. The first-order valence-corrected chi connectivity index (χ1v) is 5.50. The summed E-state index contributed by atoms with van der Waals surface area (Å²) in [5, 5.41) is 9.66. The number of H-pyrrole nitrogens is 1. The highest BCUT2D eigenvalue weighted by molar-refractivity contribution is 6.21. The summed E-state index contributed by atoms with van der Waals surface area (Å²) >= 11 is 0. The van der Waals surface area contributed by atoms with Crippen LogP contribution in [0.4, 0.5) is 5.69 Å². The van der Waals surface area contributed by atoms with Gasteiger partial charge in [-0.05, 0) is 12.1 Å². The first-order chi connectivity index (χ1) is 8.66. The van der Waals surface area contributed by atoms with Gasteiger partial charge in [-0.25, -0.2) is 4.79 Å². The van der Waals surface area contributed by atoms with Crippen LogP contribution in [0.15, 0.2) is 34.1 Å². The van der Waals surface area contributed by atoms with Crippen molar-refractivity contribution in [3.63, 3.8) is 0 Å². The second kappa shape index (κ2) is 3.73. The molecule has 0 unspecified atom stereocenters. The van der Waals surface area contributed by atoms with Gasteiger partial charge in [0.05, 0.1) is 5.69 Å². The molecule has 0 radical (unpaired) electrons. The predicted octanol–water partition coefficient (Wildman–Crippen LogP) is 1.68. The SMILES string of the molecule is Cn1c(C=C2C=Nc3ccccc32)c(O)[nH]c1=O. The summed E-state index contributed by atoms with van der Waals surface area (Å²) in [7, 11) is 1.60. The van der Waals surface area contributed by atoms with Gasteiger partial charge in [-0.3, -0.25) is 14.5 Å². The van der Waals surface area contributed by atoms with Gasteiger partial charge in [-0.1, -0.05) is 18.2 Å². The smallest absolute Gasteiger partial charge is 0.328 e. The molecule has 90 valence electrons. The van der Waals surface area contributed by atoms with Crippen molar-refractivity contribution in [3.8, 4) is 5.88 Å². The number of aromatic nitrogens is 2. The highest BCUT2D eigenvalue weighted by Crippen LogP contribution is 2.32. The lowest BCUT2D eigenvalue weighted by Crippen LogP contribution is -2.13. The lowest BCUT2D eigenvalue weighted by molar-refractivity contribution is 0.454. The Bertz CT molecular complexity index is 735. The molecule has 0 amide bonds. The van der Waals surface area contributed by atoms with Crippen LogP contribution in [0.5, 0.6) is 5.88 Å². The minimum atomic E-state index is -0.345. The van der Waals surface area contributed by atoms with E-state index in [9.17, 15) is 9.90 Å². The second-order valence-electron chi connectivity index (χ2n) is 4.10. The maximum atomic E-state index is 11.4.